The van der Waals surface area contributed by atoms with Crippen molar-refractivity contribution in [2.24, 2.45) is 7.05 Å². The molecule has 1 unspecified atom stereocenters. The second-order valence-corrected chi connectivity index (χ2v) is 6.75. The molecule has 2 heterocycles. The van der Waals surface area contributed by atoms with Gasteiger partial charge in [0.15, 0.2) is 11.9 Å². The number of benzene rings is 2. The maximum atomic E-state index is 13.2. The van der Waals surface area contributed by atoms with Crippen molar-refractivity contribution in [3.8, 4) is 11.5 Å². The van der Waals surface area contributed by atoms with Crippen molar-refractivity contribution < 1.29 is 23.0 Å². The van der Waals surface area contributed by atoms with Gasteiger partial charge in [-0.05, 0) is 17.7 Å². The number of alkyl halides is 2. The van der Waals surface area contributed by atoms with Gasteiger partial charge in [0.1, 0.15) is 18.1 Å². The number of ether oxygens (including phenoxy) is 2. The van der Waals surface area contributed by atoms with Crippen LogP contribution in [0.3, 0.4) is 0 Å². The normalized spacial score (nSPS) is 15.1. The second kappa shape index (κ2) is 7.90. The minimum atomic E-state index is -2.63. The van der Waals surface area contributed by atoms with Crippen LogP contribution in [0.1, 0.15) is 21.5 Å². The molecule has 0 aliphatic carbocycles. The highest BCUT2D eigenvalue weighted by atomic mass is 19.3. The number of carbonyl (C=O) groups is 1. The van der Waals surface area contributed by atoms with E-state index in [9.17, 15) is 13.6 Å². The molecule has 1 aromatic heterocycles. The number of aryl methyl sites for hydroxylation is 1. The number of amides is 1. The molecule has 6 nitrogen and oxygen atoms in total. The minimum absolute atomic E-state index is 0.0270. The van der Waals surface area contributed by atoms with Gasteiger partial charge < -0.3 is 14.8 Å². The van der Waals surface area contributed by atoms with Gasteiger partial charge in [0.05, 0.1) is 0 Å². The van der Waals surface area contributed by atoms with Crippen molar-refractivity contribution in [3.63, 3.8) is 0 Å². The molecule has 0 saturated carbocycles. The molecule has 0 fully saturated rings. The summed E-state index contributed by atoms with van der Waals surface area (Å²) in [7, 11) is 1.74. The van der Waals surface area contributed by atoms with Gasteiger partial charge >= 0.3 is 0 Å². The molecule has 3 aromatic rings. The number of nitrogens with one attached hydrogen (secondary N) is 1. The molecule has 2 aromatic carbocycles. The molecule has 8 heteroatoms. The van der Waals surface area contributed by atoms with Crippen LogP contribution < -0.4 is 14.8 Å². The molecule has 1 amide bonds. The first-order chi connectivity index (χ1) is 14.0. The SMILES string of the molecule is Cn1ccc(NC(=O)c2cc(OCc3ccccc3)c3c(c2)OC(C(F)F)C3)n1. The zero-order valence-electron chi connectivity index (χ0n) is 15.6. The summed E-state index contributed by atoms with van der Waals surface area (Å²) >= 11 is 0. The zero-order valence-corrected chi connectivity index (χ0v) is 15.6. The smallest absolute Gasteiger partial charge is 0.275 e. The zero-order chi connectivity index (χ0) is 20.4. The fourth-order valence-corrected chi connectivity index (χ4v) is 3.14. The lowest BCUT2D eigenvalue weighted by molar-refractivity contribution is 0.0245. The van der Waals surface area contributed by atoms with Crippen LogP contribution in [0, 0.1) is 0 Å². The molecule has 4 rings (SSSR count). The number of nitrogens with zero attached hydrogens (tertiary/aromatic N) is 2. The van der Waals surface area contributed by atoms with Gasteiger partial charge in [-0.3, -0.25) is 9.48 Å². The standard InChI is InChI=1S/C21H19F2N3O3/c1-26-8-7-19(25-26)24-21(27)14-9-16(28-12-13-5-3-2-4-6-13)15-11-18(20(22)23)29-17(15)10-14/h2-10,18,20H,11-12H2,1H3,(H,24,25,27). The number of hydrogen-bond donors (Lipinski definition) is 1. The molecule has 150 valence electrons. The maximum absolute atomic E-state index is 13.2. The van der Waals surface area contributed by atoms with E-state index >= 15 is 0 Å². The van der Waals surface area contributed by atoms with Crippen LogP contribution in [-0.4, -0.2) is 28.2 Å². The third kappa shape index (κ3) is 4.21. The number of aromatic nitrogens is 2. The Hall–Kier alpha value is -3.42. The first-order valence-electron chi connectivity index (χ1n) is 9.09. The Labute approximate surface area is 166 Å². The summed E-state index contributed by atoms with van der Waals surface area (Å²) in [6.07, 6.45) is -2.16. The second-order valence-electron chi connectivity index (χ2n) is 6.75. The van der Waals surface area contributed by atoms with Gasteiger partial charge in [-0.25, -0.2) is 8.78 Å². The fourth-order valence-electron chi connectivity index (χ4n) is 3.14. The van der Waals surface area contributed by atoms with Crippen LogP contribution in [0.25, 0.3) is 0 Å². The molecule has 0 spiro atoms. The molecule has 1 aliphatic rings. The predicted octanol–water partition coefficient (Wildman–Crippen LogP) is 3.82. The van der Waals surface area contributed by atoms with Crippen LogP contribution in [-0.2, 0) is 20.1 Å². The van der Waals surface area contributed by atoms with E-state index in [1.54, 1.807) is 30.1 Å². The van der Waals surface area contributed by atoms with Crippen LogP contribution in [0.15, 0.2) is 54.7 Å². The maximum Gasteiger partial charge on any atom is 0.275 e. The van der Waals surface area contributed by atoms with Gasteiger partial charge in [0.2, 0.25) is 0 Å². The van der Waals surface area contributed by atoms with E-state index in [0.717, 1.165) is 5.56 Å². The third-order valence-electron chi connectivity index (χ3n) is 4.59. The lowest BCUT2D eigenvalue weighted by atomic mass is 10.1. The Morgan fingerprint density at radius 1 is 1.31 bits per heavy atom. The molecule has 1 aliphatic heterocycles. The van der Waals surface area contributed by atoms with E-state index in [0.29, 0.717) is 17.1 Å². The number of halogens is 2. The first kappa shape index (κ1) is 18.9. The predicted molar refractivity (Wildman–Crippen MR) is 103 cm³/mol. The molecular formula is C21H19F2N3O3. The highest BCUT2D eigenvalue weighted by molar-refractivity contribution is 6.04. The molecule has 0 radical (unpaired) electrons. The van der Waals surface area contributed by atoms with Crippen LogP contribution >= 0.6 is 0 Å². The lowest BCUT2D eigenvalue weighted by Gasteiger charge is -2.12. The Kier molecular flexibility index (Phi) is 5.16. The van der Waals surface area contributed by atoms with Crippen molar-refractivity contribution in [2.45, 2.75) is 25.6 Å². The monoisotopic (exact) mass is 399 g/mol. The summed E-state index contributed by atoms with van der Waals surface area (Å²) in [5.41, 5.74) is 1.71. The summed E-state index contributed by atoms with van der Waals surface area (Å²) in [4.78, 5) is 12.6. The van der Waals surface area contributed by atoms with Crippen molar-refractivity contribution >= 4 is 11.7 Å². The topological polar surface area (TPSA) is 65.4 Å². The van der Waals surface area contributed by atoms with E-state index in [2.05, 4.69) is 10.4 Å². The van der Waals surface area contributed by atoms with Crippen molar-refractivity contribution in [2.75, 3.05) is 5.32 Å². The van der Waals surface area contributed by atoms with Crippen LogP contribution in [0.4, 0.5) is 14.6 Å². The number of anilines is 1. The average Bonchev–Trinajstić information content (AvgIpc) is 3.33. The summed E-state index contributed by atoms with van der Waals surface area (Å²) < 4.78 is 39.2. The van der Waals surface area contributed by atoms with Gasteiger partial charge in [0.25, 0.3) is 12.3 Å². The Bertz CT molecular complexity index is 1020. The first-order valence-corrected chi connectivity index (χ1v) is 9.09. The van der Waals surface area contributed by atoms with Crippen molar-refractivity contribution in [3.05, 3.63) is 71.4 Å². The molecule has 1 atom stereocenters. The summed E-state index contributed by atoms with van der Waals surface area (Å²) in [5, 5.41) is 6.78. The fraction of sp³-hybridized carbons (Fsp3) is 0.238. The molecule has 29 heavy (non-hydrogen) atoms. The Morgan fingerprint density at radius 2 is 2.10 bits per heavy atom. The van der Waals surface area contributed by atoms with E-state index in [1.165, 1.54) is 6.07 Å². The number of hydrogen-bond acceptors (Lipinski definition) is 4. The summed E-state index contributed by atoms with van der Waals surface area (Å²) in [6.45, 7) is 0.248. The highest BCUT2D eigenvalue weighted by Crippen LogP contribution is 2.39. The number of rotatable bonds is 6. The van der Waals surface area contributed by atoms with Gasteiger partial charge in [-0.15, -0.1) is 0 Å². The van der Waals surface area contributed by atoms with Gasteiger partial charge in [-0.2, -0.15) is 5.10 Å². The molecule has 0 bridgehead atoms. The summed E-state index contributed by atoms with van der Waals surface area (Å²) in [6, 6.07) is 14.1. The van der Waals surface area contributed by atoms with E-state index in [1.807, 2.05) is 30.3 Å². The van der Waals surface area contributed by atoms with Crippen LogP contribution in [0.5, 0.6) is 11.5 Å². The van der Waals surface area contributed by atoms with Crippen molar-refractivity contribution in [1.29, 1.82) is 0 Å². The van der Waals surface area contributed by atoms with Crippen molar-refractivity contribution in [1.82, 2.24) is 9.78 Å². The average molecular weight is 399 g/mol. The molecule has 1 N–H and O–H groups in total. The quantitative estimate of drug-likeness (QED) is 0.684. The molecular weight excluding hydrogens is 380 g/mol. The highest BCUT2D eigenvalue weighted by Gasteiger charge is 2.34. The largest absolute Gasteiger partial charge is 0.488 e. The Balaban J connectivity index is 1.61. The van der Waals surface area contributed by atoms with E-state index in [-0.39, 0.29) is 24.3 Å². The lowest BCUT2D eigenvalue weighted by Crippen LogP contribution is -2.22. The van der Waals surface area contributed by atoms with Gasteiger partial charge in [0, 0.05) is 36.9 Å². The molecule has 0 saturated heterocycles. The minimum Gasteiger partial charge on any atom is -0.488 e. The third-order valence-corrected chi connectivity index (χ3v) is 4.59. The van der Waals surface area contributed by atoms with Crippen LogP contribution in [0.2, 0.25) is 0 Å². The number of fused-ring (bicyclic) bond motifs is 1. The van der Waals surface area contributed by atoms with E-state index < -0.39 is 18.4 Å². The number of carbonyl (C=O) groups excluding carboxylic acids is 1. The van der Waals surface area contributed by atoms with Gasteiger partial charge in [-0.1, -0.05) is 30.3 Å². The summed E-state index contributed by atoms with van der Waals surface area (Å²) in [5.74, 6) is 0.559. The Morgan fingerprint density at radius 3 is 2.79 bits per heavy atom. The van der Waals surface area contributed by atoms with E-state index in [4.69, 9.17) is 9.47 Å².